The lowest BCUT2D eigenvalue weighted by Crippen LogP contribution is -2.23. The molecule has 3 N–H and O–H groups in total. The largest absolute Gasteiger partial charge is 0.392 e. The van der Waals surface area contributed by atoms with Gasteiger partial charge >= 0.3 is 0 Å². The molecular formula is C13H11N3O5. The maximum Gasteiger partial charge on any atom is 0.286 e. The summed E-state index contributed by atoms with van der Waals surface area (Å²) in [4.78, 5) is 35.6. The number of hydrogen-bond acceptors (Lipinski definition) is 5. The van der Waals surface area contributed by atoms with Crippen LogP contribution in [0.15, 0.2) is 41.3 Å². The van der Waals surface area contributed by atoms with Crippen LogP contribution in [0.25, 0.3) is 0 Å². The molecule has 0 bridgehead atoms. The fraction of sp³-hybridized carbons (Fsp3) is 0.0769. The van der Waals surface area contributed by atoms with E-state index in [1.54, 1.807) is 24.3 Å². The van der Waals surface area contributed by atoms with Gasteiger partial charge in [-0.1, -0.05) is 12.1 Å². The Balaban J connectivity index is 2.25. The van der Waals surface area contributed by atoms with Crippen molar-refractivity contribution in [2.45, 2.75) is 6.61 Å². The van der Waals surface area contributed by atoms with Gasteiger partial charge in [-0.2, -0.15) is 0 Å². The lowest BCUT2D eigenvalue weighted by molar-refractivity contribution is -0.385. The van der Waals surface area contributed by atoms with Crippen molar-refractivity contribution in [3.63, 3.8) is 0 Å². The fourth-order valence-corrected chi connectivity index (χ4v) is 1.64. The summed E-state index contributed by atoms with van der Waals surface area (Å²) in [6.45, 7) is -0.126. The van der Waals surface area contributed by atoms with Crippen LogP contribution in [0.5, 0.6) is 0 Å². The van der Waals surface area contributed by atoms with Gasteiger partial charge < -0.3 is 15.4 Å². The number of H-pyrrole nitrogens is 1. The Morgan fingerprint density at radius 3 is 2.57 bits per heavy atom. The van der Waals surface area contributed by atoms with Gasteiger partial charge in [0.15, 0.2) is 0 Å². The molecule has 1 aromatic carbocycles. The Labute approximate surface area is 118 Å². The van der Waals surface area contributed by atoms with Crippen LogP contribution < -0.4 is 10.9 Å². The van der Waals surface area contributed by atoms with Crippen LogP contribution in [0.4, 0.5) is 11.4 Å². The van der Waals surface area contributed by atoms with Crippen LogP contribution >= 0.6 is 0 Å². The number of hydrogen-bond donors (Lipinski definition) is 3. The highest BCUT2D eigenvalue weighted by Crippen LogP contribution is 2.12. The second kappa shape index (κ2) is 5.97. The Morgan fingerprint density at radius 1 is 1.33 bits per heavy atom. The molecular weight excluding hydrogens is 278 g/mol. The number of amides is 1. The normalized spacial score (nSPS) is 10.1. The molecule has 108 valence electrons. The van der Waals surface area contributed by atoms with Crippen LogP contribution in [0.1, 0.15) is 15.9 Å². The van der Waals surface area contributed by atoms with Gasteiger partial charge in [-0.05, 0) is 17.7 Å². The molecule has 0 saturated heterocycles. The standard InChI is InChI=1S/C13H11N3O5/c17-7-8-1-3-9(4-2-8)15-13(19)11-5-10(16(20)21)6-14-12(11)18/h1-6,17H,7H2,(H,14,18)(H,15,19). The van der Waals surface area contributed by atoms with E-state index in [0.29, 0.717) is 11.3 Å². The number of aliphatic hydroxyl groups is 1. The summed E-state index contributed by atoms with van der Waals surface area (Å²) in [5.41, 5.74) is -0.375. The van der Waals surface area contributed by atoms with Crippen LogP contribution in [0, 0.1) is 10.1 Å². The molecule has 0 saturated carbocycles. The van der Waals surface area contributed by atoms with Crippen molar-refractivity contribution in [1.82, 2.24) is 4.98 Å². The quantitative estimate of drug-likeness (QED) is 0.572. The molecule has 21 heavy (non-hydrogen) atoms. The first-order chi connectivity index (χ1) is 10.0. The molecule has 0 radical (unpaired) electrons. The first-order valence-corrected chi connectivity index (χ1v) is 5.89. The number of nitrogens with zero attached hydrogens (tertiary/aromatic N) is 1. The van der Waals surface area contributed by atoms with E-state index in [9.17, 15) is 19.7 Å². The molecule has 8 nitrogen and oxygen atoms in total. The van der Waals surface area contributed by atoms with E-state index < -0.39 is 16.4 Å². The zero-order valence-corrected chi connectivity index (χ0v) is 10.7. The molecule has 0 atom stereocenters. The number of carbonyl (C=O) groups is 1. The maximum absolute atomic E-state index is 12.0. The van der Waals surface area contributed by atoms with Gasteiger partial charge in [0.25, 0.3) is 17.2 Å². The number of aromatic nitrogens is 1. The topological polar surface area (TPSA) is 125 Å². The van der Waals surface area contributed by atoms with E-state index in [-0.39, 0.29) is 17.9 Å². The van der Waals surface area contributed by atoms with E-state index in [1.165, 1.54) is 0 Å². The minimum atomic E-state index is -0.753. The summed E-state index contributed by atoms with van der Waals surface area (Å²) >= 11 is 0. The Morgan fingerprint density at radius 2 is 2.00 bits per heavy atom. The van der Waals surface area contributed by atoms with Crippen LogP contribution in [-0.2, 0) is 6.61 Å². The number of pyridine rings is 1. The number of nitro groups is 1. The van der Waals surface area contributed by atoms with Crippen LogP contribution in [0.3, 0.4) is 0 Å². The Hall–Kier alpha value is -3.00. The van der Waals surface area contributed by atoms with Gasteiger partial charge in [0.1, 0.15) is 5.56 Å². The molecule has 0 aliphatic heterocycles. The third-order valence-corrected chi connectivity index (χ3v) is 2.74. The third-order valence-electron chi connectivity index (χ3n) is 2.74. The molecule has 0 aliphatic carbocycles. The van der Waals surface area contributed by atoms with E-state index in [1.807, 2.05) is 0 Å². The number of aliphatic hydroxyl groups excluding tert-OH is 1. The predicted octanol–water partition coefficient (Wildman–Crippen LogP) is 1.03. The van der Waals surface area contributed by atoms with Crippen molar-refractivity contribution < 1.29 is 14.8 Å². The molecule has 2 rings (SSSR count). The minimum Gasteiger partial charge on any atom is -0.392 e. The smallest absolute Gasteiger partial charge is 0.286 e. The zero-order chi connectivity index (χ0) is 15.4. The highest BCUT2D eigenvalue weighted by atomic mass is 16.6. The lowest BCUT2D eigenvalue weighted by atomic mass is 10.2. The summed E-state index contributed by atoms with van der Waals surface area (Å²) < 4.78 is 0. The first kappa shape index (κ1) is 14.4. The van der Waals surface area contributed by atoms with Gasteiger partial charge in [-0.3, -0.25) is 19.7 Å². The number of carbonyl (C=O) groups excluding carboxylic acids is 1. The van der Waals surface area contributed by atoms with E-state index in [4.69, 9.17) is 5.11 Å². The maximum atomic E-state index is 12.0. The average Bonchev–Trinajstić information content (AvgIpc) is 2.48. The van der Waals surface area contributed by atoms with Gasteiger partial charge in [0.05, 0.1) is 17.7 Å². The number of benzene rings is 1. The lowest BCUT2D eigenvalue weighted by Gasteiger charge is -2.05. The molecule has 1 heterocycles. The molecule has 1 aromatic heterocycles. The van der Waals surface area contributed by atoms with E-state index >= 15 is 0 Å². The average molecular weight is 289 g/mol. The van der Waals surface area contributed by atoms with Crippen molar-refractivity contribution in [2.24, 2.45) is 0 Å². The fourth-order valence-electron chi connectivity index (χ4n) is 1.64. The van der Waals surface area contributed by atoms with Crippen molar-refractivity contribution in [3.05, 3.63) is 68.1 Å². The monoisotopic (exact) mass is 289 g/mol. The third kappa shape index (κ3) is 3.31. The predicted molar refractivity (Wildman–Crippen MR) is 74.0 cm³/mol. The molecule has 0 aliphatic rings. The SMILES string of the molecule is O=C(Nc1ccc(CO)cc1)c1cc([N+](=O)[O-])c[nH]c1=O. The molecule has 0 fully saturated rings. The van der Waals surface area contributed by atoms with Crippen molar-refractivity contribution >= 4 is 17.3 Å². The number of rotatable bonds is 4. The molecule has 2 aromatic rings. The molecule has 0 unspecified atom stereocenters. The van der Waals surface area contributed by atoms with Gasteiger partial charge in [0, 0.05) is 11.8 Å². The zero-order valence-electron chi connectivity index (χ0n) is 10.7. The Bertz CT molecular complexity index is 736. The summed E-state index contributed by atoms with van der Waals surface area (Å²) in [5, 5.41) is 22.0. The van der Waals surface area contributed by atoms with Crippen molar-refractivity contribution in [2.75, 3.05) is 5.32 Å². The highest BCUT2D eigenvalue weighted by molar-refractivity contribution is 6.04. The number of nitrogens with one attached hydrogen (secondary N) is 2. The number of anilines is 1. The van der Waals surface area contributed by atoms with Crippen molar-refractivity contribution in [3.8, 4) is 0 Å². The van der Waals surface area contributed by atoms with Gasteiger partial charge in [0.2, 0.25) is 0 Å². The summed E-state index contributed by atoms with van der Waals surface area (Å²) in [6.07, 6.45) is 0.926. The first-order valence-electron chi connectivity index (χ1n) is 5.89. The summed E-state index contributed by atoms with van der Waals surface area (Å²) in [7, 11) is 0. The second-order valence-corrected chi connectivity index (χ2v) is 4.17. The van der Waals surface area contributed by atoms with E-state index in [0.717, 1.165) is 12.3 Å². The summed E-state index contributed by atoms with van der Waals surface area (Å²) in [5.74, 6) is -0.753. The second-order valence-electron chi connectivity index (χ2n) is 4.17. The molecule has 1 amide bonds. The van der Waals surface area contributed by atoms with Gasteiger partial charge in [-0.25, -0.2) is 0 Å². The molecule has 0 spiro atoms. The highest BCUT2D eigenvalue weighted by Gasteiger charge is 2.16. The number of aromatic amines is 1. The summed E-state index contributed by atoms with van der Waals surface area (Å²) in [6, 6.07) is 7.22. The molecule has 8 heteroatoms. The van der Waals surface area contributed by atoms with Crippen LogP contribution in [-0.4, -0.2) is 20.9 Å². The van der Waals surface area contributed by atoms with Crippen molar-refractivity contribution in [1.29, 1.82) is 0 Å². The van der Waals surface area contributed by atoms with Crippen LogP contribution in [0.2, 0.25) is 0 Å². The van der Waals surface area contributed by atoms with Gasteiger partial charge in [-0.15, -0.1) is 0 Å². The minimum absolute atomic E-state index is 0.126. The Kier molecular flexibility index (Phi) is 4.10. The van der Waals surface area contributed by atoms with E-state index in [2.05, 4.69) is 10.3 Å².